The maximum Gasteiger partial charge on any atom is 0.249 e. The highest BCUT2D eigenvalue weighted by Crippen LogP contribution is 2.28. The van der Waals surface area contributed by atoms with Gasteiger partial charge in [-0.2, -0.15) is 0 Å². The lowest BCUT2D eigenvalue weighted by atomic mass is 10.1. The van der Waals surface area contributed by atoms with Crippen LogP contribution >= 0.6 is 0 Å². The third kappa shape index (κ3) is 4.25. The van der Waals surface area contributed by atoms with Gasteiger partial charge in [0.05, 0.1) is 18.3 Å². The molecule has 5 nitrogen and oxygen atoms in total. The highest BCUT2D eigenvalue weighted by molar-refractivity contribution is 5.78. The van der Waals surface area contributed by atoms with Crippen molar-refractivity contribution in [1.82, 2.24) is 15.2 Å². The van der Waals surface area contributed by atoms with Crippen LogP contribution in [0.2, 0.25) is 0 Å². The van der Waals surface area contributed by atoms with Gasteiger partial charge in [0.2, 0.25) is 5.91 Å². The molecule has 0 spiro atoms. The Morgan fingerprint density at radius 3 is 2.76 bits per heavy atom. The van der Waals surface area contributed by atoms with Gasteiger partial charge in [-0.25, -0.2) is 0 Å². The summed E-state index contributed by atoms with van der Waals surface area (Å²) in [7, 11) is 0. The Kier molecular flexibility index (Phi) is 4.83. The van der Waals surface area contributed by atoms with Crippen molar-refractivity contribution in [3.05, 3.63) is 30.1 Å². The van der Waals surface area contributed by atoms with Crippen molar-refractivity contribution >= 4 is 5.91 Å². The molecule has 5 heteroatoms. The minimum Gasteiger partial charge on any atom is -0.368 e. The molecule has 2 heterocycles. The molecule has 0 aromatic carbocycles. The molecule has 1 aromatic heterocycles. The summed E-state index contributed by atoms with van der Waals surface area (Å²) in [5.74, 6) is 0.0988. The fourth-order valence-corrected chi connectivity index (χ4v) is 2.71. The standard InChI is InChI=1S/C16H23N3O2/c20-16(12-21-15-6-9-17-10-7-15)19(14-4-5-14)11-13-3-1-2-8-18-13/h1-3,8,14-15,17H,4-7,9-12H2. The van der Waals surface area contributed by atoms with Crippen LogP contribution in [0.1, 0.15) is 31.4 Å². The molecule has 1 aliphatic carbocycles. The average molecular weight is 289 g/mol. The predicted molar refractivity (Wildman–Crippen MR) is 79.7 cm³/mol. The smallest absolute Gasteiger partial charge is 0.249 e. The zero-order chi connectivity index (χ0) is 14.5. The number of pyridine rings is 1. The average Bonchev–Trinajstić information content (AvgIpc) is 3.37. The van der Waals surface area contributed by atoms with E-state index in [0.717, 1.165) is 44.5 Å². The second-order valence-electron chi connectivity index (χ2n) is 5.83. The maximum absolute atomic E-state index is 12.4. The number of nitrogens with zero attached hydrogens (tertiary/aromatic N) is 2. The van der Waals surface area contributed by atoms with Gasteiger partial charge in [-0.15, -0.1) is 0 Å². The van der Waals surface area contributed by atoms with Crippen molar-refractivity contribution < 1.29 is 9.53 Å². The fraction of sp³-hybridized carbons (Fsp3) is 0.625. The molecule has 2 fully saturated rings. The number of amides is 1. The first-order valence-corrected chi connectivity index (χ1v) is 7.84. The molecule has 1 amide bonds. The number of ether oxygens (including phenoxy) is 1. The van der Waals surface area contributed by atoms with Crippen LogP contribution in [0, 0.1) is 0 Å². The lowest BCUT2D eigenvalue weighted by Gasteiger charge is -2.26. The summed E-state index contributed by atoms with van der Waals surface area (Å²) < 4.78 is 5.79. The van der Waals surface area contributed by atoms with E-state index < -0.39 is 0 Å². The maximum atomic E-state index is 12.4. The van der Waals surface area contributed by atoms with E-state index in [2.05, 4.69) is 10.3 Å². The van der Waals surface area contributed by atoms with Gasteiger partial charge in [-0.1, -0.05) is 6.07 Å². The molecule has 0 bridgehead atoms. The second kappa shape index (κ2) is 7.00. The zero-order valence-corrected chi connectivity index (χ0v) is 12.3. The molecule has 1 saturated carbocycles. The van der Waals surface area contributed by atoms with Crippen LogP contribution in [-0.4, -0.2) is 47.6 Å². The lowest BCUT2D eigenvalue weighted by molar-refractivity contribution is -0.140. The van der Waals surface area contributed by atoms with Crippen molar-refractivity contribution in [2.75, 3.05) is 19.7 Å². The molecule has 1 aromatic rings. The van der Waals surface area contributed by atoms with Crippen LogP contribution in [-0.2, 0) is 16.1 Å². The Morgan fingerprint density at radius 1 is 1.29 bits per heavy atom. The van der Waals surface area contributed by atoms with Gasteiger partial charge < -0.3 is 15.0 Å². The largest absolute Gasteiger partial charge is 0.368 e. The number of rotatable bonds is 6. The van der Waals surface area contributed by atoms with Crippen LogP contribution in [0.25, 0.3) is 0 Å². The summed E-state index contributed by atoms with van der Waals surface area (Å²) in [5.41, 5.74) is 0.944. The predicted octanol–water partition coefficient (Wildman–Crippen LogP) is 1.34. The number of piperidine rings is 1. The monoisotopic (exact) mass is 289 g/mol. The van der Waals surface area contributed by atoms with Crippen LogP contribution in [0.3, 0.4) is 0 Å². The molecule has 1 N–H and O–H groups in total. The molecule has 0 radical (unpaired) electrons. The first-order valence-electron chi connectivity index (χ1n) is 7.84. The Morgan fingerprint density at radius 2 is 2.10 bits per heavy atom. The molecular weight excluding hydrogens is 266 g/mol. The molecule has 114 valence electrons. The van der Waals surface area contributed by atoms with Gasteiger partial charge in [0, 0.05) is 12.2 Å². The van der Waals surface area contributed by atoms with Crippen molar-refractivity contribution in [1.29, 1.82) is 0 Å². The van der Waals surface area contributed by atoms with E-state index in [-0.39, 0.29) is 18.6 Å². The number of carbonyl (C=O) groups is 1. The van der Waals surface area contributed by atoms with E-state index in [0.29, 0.717) is 12.6 Å². The van der Waals surface area contributed by atoms with Gasteiger partial charge >= 0.3 is 0 Å². The molecule has 3 rings (SSSR count). The summed E-state index contributed by atoms with van der Waals surface area (Å²) >= 11 is 0. The third-order valence-corrected chi connectivity index (χ3v) is 4.10. The number of hydrogen-bond donors (Lipinski definition) is 1. The van der Waals surface area contributed by atoms with Gasteiger partial charge in [0.25, 0.3) is 0 Å². The van der Waals surface area contributed by atoms with Gasteiger partial charge in [-0.05, 0) is 50.9 Å². The molecular formula is C16H23N3O2. The highest BCUT2D eigenvalue weighted by atomic mass is 16.5. The normalized spacial score (nSPS) is 19.4. The molecule has 1 aliphatic heterocycles. The third-order valence-electron chi connectivity index (χ3n) is 4.10. The van der Waals surface area contributed by atoms with Gasteiger partial charge in [0.15, 0.2) is 0 Å². The van der Waals surface area contributed by atoms with Gasteiger partial charge in [0.1, 0.15) is 6.61 Å². The minimum atomic E-state index is 0.0988. The zero-order valence-electron chi connectivity index (χ0n) is 12.3. The number of carbonyl (C=O) groups excluding carboxylic acids is 1. The van der Waals surface area contributed by atoms with E-state index in [1.165, 1.54) is 0 Å². The van der Waals surface area contributed by atoms with Crippen molar-refractivity contribution in [3.63, 3.8) is 0 Å². The quantitative estimate of drug-likeness (QED) is 0.858. The Hall–Kier alpha value is -1.46. The topological polar surface area (TPSA) is 54.5 Å². The number of hydrogen-bond acceptors (Lipinski definition) is 4. The van der Waals surface area contributed by atoms with Crippen LogP contribution in [0.15, 0.2) is 24.4 Å². The molecule has 0 atom stereocenters. The Balaban J connectivity index is 1.52. The number of nitrogens with one attached hydrogen (secondary N) is 1. The molecule has 0 unspecified atom stereocenters. The summed E-state index contributed by atoms with van der Waals surface area (Å²) in [4.78, 5) is 18.7. The SMILES string of the molecule is O=C(COC1CCNCC1)N(Cc1ccccn1)C1CC1. The van der Waals surface area contributed by atoms with Gasteiger partial charge in [-0.3, -0.25) is 9.78 Å². The Bertz CT molecular complexity index is 456. The van der Waals surface area contributed by atoms with Crippen LogP contribution in [0.4, 0.5) is 0 Å². The second-order valence-corrected chi connectivity index (χ2v) is 5.83. The molecule has 1 saturated heterocycles. The first kappa shape index (κ1) is 14.5. The molecule has 2 aliphatic rings. The summed E-state index contributed by atoms with van der Waals surface area (Å²) in [6.45, 7) is 2.77. The summed E-state index contributed by atoms with van der Waals surface area (Å²) in [6.07, 6.45) is 6.20. The summed E-state index contributed by atoms with van der Waals surface area (Å²) in [5, 5.41) is 3.30. The van der Waals surface area contributed by atoms with Crippen molar-refractivity contribution in [3.8, 4) is 0 Å². The first-order chi connectivity index (χ1) is 10.3. The highest BCUT2D eigenvalue weighted by Gasteiger charge is 2.33. The van der Waals surface area contributed by atoms with E-state index in [1.54, 1.807) is 6.20 Å². The lowest BCUT2D eigenvalue weighted by Crippen LogP contribution is -2.38. The van der Waals surface area contributed by atoms with Crippen LogP contribution in [0.5, 0.6) is 0 Å². The van der Waals surface area contributed by atoms with E-state index in [9.17, 15) is 4.79 Å². The fourth-order valence-electron chi connectivity index (χ4n) is 2.71. The van der Waals surface area contributed by atoms with E-state index in [4.69, 9.17) is 4.74 Å². The molecule has 21 heavy (non-hydrogen) atoms. The van der Waals surface area contributed by atoms with Crippen molar-refractivity contribution in [2.24, 2.45) is 0 Å². The Labute approximate surface area is 125 Å². The van der Waals surface area contributed by atoms with E-state index in [1.807, 2.05) is 23.1 Å². The minimum absolute atomic E-state index is 0.0988. The van der Waals surface area contributed by atoms with Crippen molar-refractivity contribution in [2.45, 2.75) is 44.4 Å². The van der Waals surface area contributed by atoms with E-state index >= 15 is 0 Å². The summed E-state index contributed by atoms with van der Waals surface area (Å²) in [6, 6.07) is 6.21. The number of aromatic nitrogens is 1. The van der Waals surface area contributed by atoms with Crippen LogP contribution < -0.4 is 5.32 Å².